The molecule has 0 saturated carbocycles. The van der Waals surface area contributed by atoms with Crippen molar-refractivity contribution in [2.24, 2.45) is 0 Å². The third-order valence-electron chi connectivity index (χ3n) is 5.17. The number of carbonyl (C=O) groups is 1. The summed E-state index contributed by atoms with van der Waals surface area (Å²) in [5.41, 5.74) is 5.50. The molecule has 1 heterocycles. The lowest BCUT2D eigenvalue weighted by Gasteiger charge is -2.18. The van der Waals surface area contributed by atoms with E-state index in [9.17, 15) is 4.79 Å². The number of thiocarbonyl (C=S) groups is 1. The molecule has 0 amide bonds. The summed E-state index contributed by atoms with van der Waals surface area (Å²) in [4.78, 5) is 13.6. The summed E-state index contributed by atoms with van der Waals surface area (Å²) < 4.78 is 5.02. The van der Waals surface area contributed by atoms with Gasteiger partial charge in [-0.3, -0.25) is 0 Å². The summed E-state index contributed by atoms with van der Waals surface area (Å²) in [5, 5.41) is 7.89. The Morgan fingerprint density at radius 2 is 1.96 bits per heavy atom. The molecule has 0 saturated heterocycles. The van der Waals surface area contributed by atoms with Crippen LogP contribution in [0.15, 0.2) is 18.2 Å². The molecule has 2 aromatic rings. The lowest BCUT2D eigenvalue weighted by molar-refractivity contribution is 0.0601. The number of aryl methyl sites for hydroxylation is 3. The fourth-order valence-electron chi connectivity index (χ4n) is 3.43. The first-order valence-electron chi connectivity index (χ1n) is 9.28. The summed E-state index contributed by atoms with van der Waals surface area (Å²) in [7, 11) is 1.43. The first-order chi connectivity index (χ1) is 12.9. The standard InChI is InChI=1S/C21H26N2O2S2/c1-12-9-10-15(11-13(12)2)14(3)22-21(26)23-19-18(20(24)25-4)16-7-5-6-8-17(16)27-19/h9-11,14H,5-8H2,1-4H3,(H2,22,23,26). The first kappa shape index (κ1) is 19.8. The third kappa shape index (κ3) is 4.33. The number of rotatable bonds is 4. The molecule has 27 heavy (non-hydrogen) atoms. The van der Waals surface area contributed by atoms with Crippen LogP contribution < -0.4 is 10.6 Å². The Kier molecular flexibility index (Phi) is 6.17. The molecule has 4 nitrogen and oxygen atoms in total. The Morgan fingerprint density at radius 1 is 1.22 bits per heavy atom. The fraction of sp³-hybridized carbons (Fsp3) is 0.429. The Morgan fingerprint density at radius 3 is 2.67 bits per heavy atom. The summed E-state index contributed by atoms with van der Waals surface area (Å²) in [6.07, 6.45) is 4.22. The SMILES string of the molecule is COC(=O)c1c(NC(=S)NC(C)c2ccc(C)c(C)c2)sc2c1CCCC2. The molecule has 3 rings (SSSR count). The number of benzene rings is 1. The van der Waals surface area contributed by atoms with Gasteiger partial charge in [0.2, 0.25) is 0 Å². The number of anilines is 1. The molecule has 1 aromatic carbocycles. The van der Waals surface area contributed by atoms with Crippen molar-refractivity contribution in [3.05, 3.63) is 50.9 Å². The molecule has 0 radical (unpaired) electrons. The molecule has 0 spiro atoms. The maximum atomic E-state index is 12.3. The van der Waals surface area contributed by atoms with Gasteiger partial charge in [0.05, 0.1) is 18.7 Å². The average molecular weight is 403 g/mol. The molecule has 1 atom stereocenters. The predicted octanol–water partition coefficient (Wildman–Crippen LogP) is 5.08. The van der Waals surface area contributed by atoms with Crippen molar-refractivity contribution < 1.29 is 9.53 Å². The van der Waals surface area contributed by atoms with Gasteiger partial charge in [-0.2, -0.15) is 0 Å². The second-order valence-corrected chi connectivity index (χ2v) is 8.58. The minimum Gasteiger partial charge on any atom is -0.465 e. The molecule has 1 aliphatic carbocycles. The zero-order valence-corrected chi connectivity index (χ0v) is 17.9. The van der Waals surface area contributed by atoms with Gasteiger partial charge in [-0.15, -0.1) is 11.3 Å². The van der Waals surface area contributed by atoms with E-state index in [1.165, 1.54) is 35.1 Å². The smallest absolute Gasteiger partial charge is 0.341 e. The second-order valence-electron chi connectivity index (χ2n) is 7.07. The van der Waals surface area contributed by atoms with E-state index < -0.39 is 0 Å². The van der Waals surface area contributed by atoms with Crippen LogP contribution in [0.5, 0.6) is 0 Å². The van der Waals surface area contributed by atoms with Gasteiger partial charge in [-0.1, -0.05) is 18.2 Å². The van der Waals surface area contributed by atoms with Gasteiger partial charge in [0.15, 0.2) is 5.11 Å². The number of esters is 1. The normalized spacial score (nSPS) is 14.2. The molecule has 0 fully saturated rings. The molecule has 2 N–H and O–H groups in total. The molecular weight excluding hydrogens is 376 g/mol. The van der Waals surface area contributed by atoms with E-state index in [2.05, 4.69) is 49.6 Å². The number of hydrogen-bond donors (Lipinski definition) is 2. The number of fused-ring (bicyclic) bond motifs is 1. The highest BCUT2D eigenvalue weighted by Gasteiger charge is 2.26. The number of nitrogens with one attached hydrogen (secondary N) is 2. The minimum atomic E-state index is -0.290. The van der Waals surface area contributed by atoms with Crippen molar-refractivity contribution in [3.63, 3.8) is 0 Å². The Labute approximate surface area is 170 Å². The fourth-order valence-corrected chi connectivity index (χ4v) is 5.05. The van der Waals surface area contributed by atoms with Crippen molar-refractivity contribution in [1.29, 1.82) is 0 Å². The highest BCUT2D eigenvalue weighted by atomic mass is 32.1. The predicted molar refractivity (Wildman–Crippen MR) is 116 cm³/mol. The molecule has 0 bridgehead atoms. The van der Waals surface area contributed by atoms with Crippen molar-refractivity contribution >= 4 is 39.6 Å². The van der Waals surface area contributed by atoms with E-state index in [1.807, 2.05) is 0 Å². The highest BCUT2D eigenvalue weighted by molar-refractivity contribution is 7.80. The summed E-state index contributed by atoms with van der Waals surface area (Å²) in [6, 6.07) is 6.49. The zero-order valence-electron chi connectivity index (χ0n) is 16.3. The molecule has 0 aliphatic heterocycles. The van der Waals surface area contributed by atoms with Crippen LogP contribution in [0.3, 0.4) is 0 Å². The van der Waals surface area contributed by atoms with Crippen LogP contribution in [0.1, 0.15) is 63.3 Å². The quantitative estimate of drug-likeness (QED) is 0.552. The Bertz CT molecular complexity index is 873. The third-order valence-corrected chi connectivity index (χ3v) is 6.59. The van der Waals surface area contributed by atoms with E-state index >= 15 is 0 Å². The second kappa shape index (κ2) is 8.40. The van der Waals surface area contributed by atoms with E-state index in [0.29, 0.717) is 10.7 Å². The van der Waals surface area contributed by atoms with Gasteiger partial charge in [0.1, 0.15) is 5.00 Å². The molecule has 144 valence electrons. The number of hydrogen-bond acceptors (Lipinski definition) is 4. The first-order valence-corrected chi connectivity index (χ1v) is 10.5. The number of ether oxygens (including phenoxy) is 1. The van der Waals surface area contributed by atoms with Crippen LogP contribution in [0.4, 0.5) is 5.00 Å². The average Bonchev–Trinajstić information content (AvgIpc) is 3.00. The van der Waals surface area contributed by atoms with Gasteiger partial charge < -0.3 is 15.4 Å². The van der Waals surface area contributed by atoms with Crippen LogP contribution in [0, 0.1) is 13.8 Å². The monoisotopic (exact) mass is 402 g/mol. The van der Waals surface area contributed by atoms with E-state index in [-0.39, 0.29) is 12.0 Å². The van der Waals surface area contributed by atoms with Crippen LogP contribution in [0.2, 0.25) is 0 Å². The number of methoxy groups -OCH3 is 1. The summed E-state index contributed by atoms with van der Waals surface area (Å²) in [6.45, 7) is 6.30. The van der Waals surface area contributed by atoms with Gasteiger partial charge in [0.25, 0.3) is 0 Å². The highest BCUT2D eigenvalue weighted by Crippen LogP contribution is 2.38. The van der Waals surface area contributed by atoms with Crippen molar-refractivity contribution in [2.45, 2.75) is 52.5 Å². The van der Waals surface area contributed by atoms with E-state index in [1.54, 1.807) is 11.3 Å². The van der Waals surface area contributed by atoms with Crippen LogP contribution in [0.25, 0.3) is 0 Å². The molecule has 1 aromatic heterocycles. The van der Waals surface area contributed by atoms with E-state index in [0.717, 1.165) is 29.8 Å². The zero-order chi connectivity index (χ0) is 19.6. The Hall–Kier alpha value is -1.92. The molecule has 1 unspecified atom stereocenters. The van der Waals surface area contributed by atoms with Crippen LogP contribution in [-0.4, -0.2) is 18.2 Å². The van der Waals surface area contributed by atoms with Gasteiger partial charge in [0, 0.05) is 4.88 Å². The van der Waals surface area contributed by atoms with Crippen molar-refractivity contribution in [1.82, 2.24) is 5.32 Å². The molecule has 6 heteroatoms. The lowest BCUT2D eigenvalue weighted by Crippen LogP contribution is -2.31. The van der Waals surface area contributed by atoms with Crippen molar-refractivity contribution in [3.8, 4) is 0 Å². The number of thiophene rings is 1. The Balaban J connectivity index is 1.76. The summed E-state index contributed by atoms with van der Waals surface area (Å²) >= 11 is 7.15. The van der Waals surface area contributed by atoms with Crippen LogP contribution in [-0.2, 0) is 17.6 Å². The van der Waals surface area contributed by atoms with Crippen molar-refractivity contribution in [2.75, 3.05) is 12.4 Å². The van der Waals surface area contributed by atoms with E-state index in [4.69, 9.17) is 17.0 Å². The largest absolute Gasteiger partial charge is 0.465 e. The molecule has 1 aliphatic rings. The number of carbonyl (C=O) groups excluding carboxylic acids is 1. The summed E-state index contributed by atoms with van der Waals surface area (Å²) in [5.74, 6) is -0.290. The van der Waals surface area contributed by atoms with Gasteiger partial charge in [-0.05, 0) is 80.9 Å². The maximum absolute atomic E-state index is 12.3. The molecular formula is C21H26N2O2S2. The maximum Gasteiger partial charge on any atom is 0.341 e. The topological polar surface area (TPSA) is 50.4 Å². The minimum absolute atomic E-state index is 0.0699. The lowest BCUT2D eigenvalue weighted by atomic mass is 9.95. The van der Waals surface area contributed by atoms with Crippen LogP contribution >= 0.6 is 23.6 Å². The van der Waals surface area contributed by atoms with Gasteiger partial charge in [-0.25, -0.2) is 4.79 Å². The van der Waals surface area contributed by atoms with Gasteiger partial charge >= 0.3 is 5.97 Å².